The van der Waals surface area contributed by atoms with Gasteiger partial charge in [-0.25, -0.2) is 0 Å². The van der Waals surface area contributed by atoms with Crippen LogP contribution in [-0.4, -0.2) is 12.5 Å². The zero-order valence-corrected chi connectivity index (χ0v) is 12.3. The van der Waals surface area contributed by atoms with Crippen LogP contribution in [0.5, 0.6) is 0 Å². The van der Waals surface area contributed by atoms with E-state index in [0.29, 0.717) is 18.4 Å². The molecule has 2 nitrogen and oxygen atoms in total. The van der Waals surface area contributed by atoms with Crippen molar-refractivity contribution >= 4 is 11.6 Å². The summed E-state index contributed by atoms with van der Waals surface area (Å²) in [6.07, 6.45) is 2.85. The van der Waals surface area contributed by atoms with E-state index in [0.717, 1.165) is 12.1 Å². The third kappa shape index (κ3) is 1.17. The van der Waals surface area contributed by atoms with Gasteiger partial charge in [0.05, 0.1) is 5.41 Å². The SMILES string of the molecule is C=CCN1C(=O)[C@@]2(c3ccccc31)[C@@H]1c3ccccc3C[C@@H]12. The quantitative estimate of drug-likeness (QED) is 0.775. The van der Waals surface area contributed by atoms with Gasteiger partial charge in [-0.3, -0.25) is 4.79 Å². The molecule has 3 aliphatic rings. The molecule has 5 rings (SSSR count). The number of hydrogen-bond donors (Lipinski definition) is 0. The maximum Gasteiger partial charge on any atom is 0.238 e. The first-order valence-electron chi connectivity index (χ1n) is 7.90. The Labute approximate surface area is 130 Å². The van der Waals surface area contributed by atoms with E-state index in [1.807, 2.05) is 17.0 Å². The van der Waals surface area contributed by atoms with Crippen LogP contribution in [0.4, 0.5) is 5.69 Å². The lowest BCUT2D eigenvalue weighted by Gasteiger charge is -2.18. The Balaban J connectivity index is 1.69. The van der Waals surface area contributed by atoms with Gasteiger partial charge in [0.2, 0.25) is 5.91 Å². The van der Waals surface area contributed by atoms with Crippen LogP contribution in [0.25, 0.3) is 0 Å². The highest BCUT2D eigenvalue weighted by Gasteiger charge is 2.76. The summed E-state index contributed by atoms with van der Waals surface area (Å²) in [5.41, 5.74) is 4.82. The van der Waals surface area contributed by atoms with Crippen LogP contribution in [-0.2, 0) is 16.6 Å². The van der Waals surface area contributed by atoms with Crippen molar-refractivity contribution < 1.29 is 4.79 Å². The van der Waals surface area contributed by atoms with Gasteiger partial charge in [-0.05, 0) is 35.1 Å². The van der Waals surface area contributed by atoms with Crippen molar-refractivity contribution in [2.45, 2.75) is 17.8 Å². The van der Waals surface area contributed by atoms with Gasteiger partial charge in [-0.2, -0.15) is 0 Å². The molecular formula is C20H17NO. The standard InChI is InChI=1S/C20H17NO/c1-2-11-21-17-10-6-5-9-15(17)20(19(21)22)16-12-13-7-3-4-8-14(13)18(16)20/h2-10,16,18H,1,11-12H2/t16-,18+,20+/m0/s1. The van der Waals surface area contributed by atoms with Crippen molar-refractivity contribution in [1.29, 1.82) is 0 Å². The number of fused-ring (bicyclic) bond motifs is 7. The smallest absolute Gasteiger partial charge is 0.238 e. The first kappa shape index (κ1) is 12.2. The summed E-state index contributed by atoms with van der Waals surface area (Å²) < 4.78 is 0. The van der Waals surface area contributed by atoms with E-state index >= 15 is 0 Å². The molecule has 3 atom stereocenters. The van der Waals surface area contributed by atoms with Gasteiger partial charge in [0, 0.05) is 18.2 Å². The average Bonchev–Trinajstić information content (AvgIpc) is 2.93. The Morgan fingerprint density at radius 1 is 1.18 bits per heavy atom. The Morgan fingerprint density at radius 3 is 2.82 bits per heavy atom. The summed E-state index contributed by atoms with van der Waals surface area (Å²) in [4.78, 5) is 15.2. The van der Waals surface area contributed by atoms with E-state index in [4.69, 9.17) is 0 Å². The molecule has 2 aliphatic carbocycles. The van der Waals surface area contributed by atoms with Crippen LogP contribution in [0, 0.1) is 5.92 Å². The summed E-state index contributed by atoms with van der Waals surface area (Å²) in [6.45, 7) is 4.41. The predicted octanol–water partition coefficient (Wildman–Crippen LogP) is 3.43. The molecule has 0 saturated heterocycles. The molecule has 0 N–H and O–H groups in total. The largest absolute Gasteiger partial charge is 0.308 e. The lowest BCUT2D eigenvalue weighted by atomic mass is 9.86. The summed E-state index contributed by atoms with van der Waals surface area (Å²) in [7, 11) is 0. The molecule has 0 aromatic heterocycles. The molecule has 0 radical (unpaired) electrons. The fourth-order valence-electron chi connectivity index (χ4n) is 4.94. The number of nitrogens with zero attached hydrogens (tertiary/aromatic N) is 1. The van der Waals surface area contributed by atoms with Gasteiger partial charge in [0.25, 0.3) is 0 Å². The molecule has 2 heteroatoms. The van der Waals surface area contributed by atoms with Crippen molar-refractivity contribution in [3.8, 4) is 0 Å². The van der Waals surface area contributed by atoms with Crippen LogP contribution >= 0.6 is 0 Å². The van der Waals surface area contributed by atoms with Gasteiger partial charge in [0.15, 0.2) is 0 Å². The van der Waals surface area contributed by atoms with E-state index in [1.165, 1.54) is 16.7 Å². The van der Waals surface area contributed by atoms with Crippen molar-refractivity contribution in [2.24, 2.45) is 5.92 Å². The Morgan fingerprint density at radius 2 is 1.95 bits per heavy atom. The highest BCUT2D eigenvalue weighted by Crippen LogP contribution is 2.74. The minimum absolute atomic E-state index is 0.276. The van der Waals surface area contributed by atoms with Gasteiger partial charge < -0.3 is 4.90 Å². The average molecular weight is 287 g/mol. The molecule has 0 bridgehead atoms. The zero-order chi connectivity index (χ0) is 14.9. The minimum Gasteiger partial charge on any atom is -0.308 e. The number of benzene rings is 2. The molecule has 1 saturated carbocycles. The number of anilines is 1. The maximum atomic E-state index is 13.2. The highest BCUT2D eigenvalue weighted by molar-refractivity contribution is 6.12. The van der Waals surface area contributed by atoms with Crippen molar-refractivity contribution in [1.82, 2.24) is 0 Å². The second-order valence-electron chi connectivity index (χ2n) is 6.58. The molecule has 108 valence electrons. The Hall–Kier alpha value is -2.35. The minimum atomic E-state index is -0.298. The molecule has 1 fully saturated rings. The van der Waals surface area contributed by atoms with Gasteiger partial charge in [-0.1, -0.05) is 48.5 Å². The first-order valence-corrected chi connectivity index (χ1v) is 7.90. The first-order chi connectivity index (χ1) is 10.8. The lowest BCUT2D eigenvalue weighted by molar-refractivity contribution is -0.120. The van der Waals surface area contributed by atoms with E-state index < -0.39 is 0 Å². The van der Waals surface area contributed by atoms with Crippen LogP contribution < -0.4 is 4.90 Å². The molecule has 2 aromatic rings. The number of amides is 1. The third-order valence-electron chi connectivity index (χ3n) is 5.75. The summed E-state index contributed by atoms with van der Waals surface area (Å²) in [5.74, 6) is 1.08. The fraction of sp³-hybridized carbons (Fsp3) is 0.250. The van der Waals surface area contributed by atoms with Gasteiger partial charge >= 0.3 is 0 Å². The van der Waals surface area contributed by atoms with E-state index in [-0.39, 0.29) is 11.3 Å². The van der Waals surface area contributed by atoms with Crippen molar-refractivity contribution in [3.05, 3.63) is 77.9 Å². The second kappa shape index (κ2) is 3.89. The molecule has 1 aliphatic heterocycles. The van der Waals surface area contributed by atoms with Crippen molar-refractivity contribution in [2.75, 3.05) is 11.4 Å². The van der Waals surface area contributed by atoms with Crippen LogP contribution in [0.15, 0.2) is 61.2 Å². The van der Waals surface area contributed by atoms with Crippen LogP contribution in [0.2, 0.25) is 0 Å². The van der Waals surface area contributed by atoms with E-state index in [1.54, 1.807) is 0 Å². The normalized spacial score (nSPS) is 30.2. The molecule has 22 heavy (non-hydrogen) atoms. The van der Waals surface area contributed by atoms with Crippen molar-refractivity contribution in [3.63, 3.8) is 0 Å². The third-order valence-corrected chi connectivity index (χ3v) is 5.75. The number of para-hydroxylation sites is 1. The zero-order valence-electron chi connectivity index (χ0n) is 12.3. The number of carbonyl (C=O) groups excluding carboxylic acids is 1. The molecule has 1 heterocycles. The molecule has 1 spiro atoms. The summed E-state index contributed by atoms with van der Waals surface area (Å²) in [5, 5.41) is 0. The lowest BCUT2D eigenvalue weighted by Crippen LogP contribution is -2.34. The number of hydrogen-bond acceptors (Lipinski definition) is 1. The second-order valence-corrected chi connectivity index (χ2v) is 6.58. The van der Waals surface area contributed by atoms with Gasteiger partial charge in [0.1, 0.15) is 0 Å². The van der Waals surface area contributed by atoms with E-state index in [2.05, 4.69) is 49.0 Å². The van der Waals surface area contributed by atoms with E-state index in [9.17, 15) is 4.79 Å². The van der Waals surface area contributed by atoms with Gasteiger partial charge in [-0.15, -0.1) is 6.58 Å². The Bertz CT molecular complexity index is 824. The molecule has 0 unspecified atom stereocenters. The molecule has 1 amide bonds. The van der Waals surface area contributed by atoms with Crippen LogP contribution in [0.1, 0.15) is 22.6 Å². The maximum absolute atomic E-state index is 13.2. The molecule has 2 aromatic carbocycles. The predicted molar refractivity (Wildman–Crippen MR) is 87.0 cm³/mol. The number of carbonyl (C=O) groups is 1. The summed E-state index contributed by atoms with van der Waals surface area (Å²) in [6, 6.07) is 16.9. The molecular weight excluding hydrogens is 270 g/mol. The monoisotopic (exact) mass is 287 g/mol. The summed E-state index contributed by atoms with van der Waals surface area (Å²) >= 11 is 0. The Kier molecular flexibility index (Phi) is 2.16. The fourth-order valence-corrected chi connectivity index (χ4v) is 4.94. The van der Waals surface area contributed by atoms with Crippen LogP contribution in [0.3, 0.4) is 0 Å². The highest BCUT2D eigenvalue weighted by atomic mass is 16.2. The topological polar surface area (TPSA) is 20.3 Å². The number of rotatable bonds is 2.